The quantitative estimate of drug-likeness (QED) is 0.896. The number of amides is 1. The van der Waals surface area contributed by atoms with Crippen molar-refractivity contribution < 1.29 is 14.7 Å². The lowest BCUT2D eigenvalue weighted by atomic mass is 9.78. The highest BCUT2D eigenvalue weighted by atomic mass is 16.4. The lowest BCUT2D eigenvalue weighted by Gasteiger charge is -2.28. The number of hydrogen-bond acceptors (Lipinski definition) is 2. The molecule has 0 aliphatic heterocycles. The summed E-state index contributed by atoms with van der Waals surface area (Å²) in [4.78, 5) is 24.3. The van der Waals surface area contributed by atoms with Crippen LogP contribution in [0.1, 0.15) is 48.9 Å². The smallest absolute Gasteiger partial charge is 0.307 e. The van der Waals surface area contributed by atoms with E-state index in [1.54, 1.807) is 0 Å². The molecular weight excluding hydrogens is 290 g/mol. The number of benzene rings is 1. The lowest BCUT2D eigenvalue weighted by Crippen LogP contribution is -2.42. The van der Waals surface area contributed by atoms with Crippen LogP contribution >= 0.6 is 0 Å². The van der Waals surface area contributed by atoms with Gasteiger partial charge in [0.25, 0.3) is 0 Å². The molecular formula is C19H25NO3. The molecule has 124 valence electrons. The fraction of sp³-hybridized carbons (Fsp3) is 0.579. The van der Waals surface area contributed by atoms with E-state index in [4.69, 9.17) is 0 Å². The van der Waals surface area contributed by atoms with E-state index in [2.05, 4.69) is 11.4 Å². The van der Waals surface area contributed by atoms with Crippen LogP contribution in [0, 0.1) is 37.5 Å². The molecule has 4 heteroatoms. The molecule has 0 aromatic heterocycles. The average Bonchev–Trinajstić information content (AvgIpc) is 3.07. The van der Waals surface area contributed by atoms with E-state index >= 15 is 0 Å². The second-order valence-electron chi connectivity index (χ2n) is 7.31. The number of hydrogen-bond donors (Lipinski definition) is 2. The van der Waals surface area contributed by atoms with Crippen molar-refractivity contribution in [2.75, 3.05) is 0 Å². The van der Waals surface area contributed by atoms with Gasteiger partial charge in [-0.15, -0.1) is 0 Å². The Morgan fingerprint density at radius 3 is 2.43 bits per heavy atom. The van der Waals surface area contributed by atoms with E-state index in [1.165, 1.54) is 5.56 Å². The molecule has 4 nitrogen and oxygen atoms in total. The maximum absolute atomic E-state index is 12.7. The van der Waals surface area contributed by atoms with Crippen molar-refractivity contribution in [1.82, 2.24) is 5.32 Å². The monoisotopic (exact) mass is 315 g/mol. The fourth-order valence-electron chi connectivity index (χ4n) is 4.72. The second kappa shape index (κ2) is 5.99. The summed E-state index contributed by atoms with van der Waals surface area (Å²) in [5.41, 5.74) is 3.45. The Bertz CT molecular complexity index is 640. The molecule has 1 amide bonds. The summed E-state index contributed by atoms with van der Waals surface area (Å²) < 4.78 is 0. The van der Waals surface area contributed by atoms with E-state index in [0.29, 0.717) is 0 Å². The third-order valence-corrected chi connectivity index (χ3v) is 5.75. The number of carboxylic acid groups (broad SMARTS) is 1. The molecule has 0 spiro atoms. The van der Waals surface area contributed by atoms with Gasteiger partial charge in [0.15, 0.2) is 0 Å². The Labute approximate surface area is 137 Å². The minimum atomic E-state index is -0.809. The van der Waals surface area contributed by atoms with Crippen molar-refractivity contribution in [3.8, 4) is 0 Å². The Balaban J connectivity index is 1.74. The summed E-state index contributed by atoms with van der Waals surface area (Å²) in [7, 11) is 0. The van der Waals surface area contributed by atoms with Crippen molar-refractivity contribution in [3.63, 3.8) is 0 Å². The number of carbonyl (C=O) groups excluding carboxylic acids is 1. The van der Waals surface area contributed by atoms with E-state index < -0.39 is 11.9 Å². The first-order chi connectivity index (χ1) is 10.9. The van der Waals surface area contributed by atoms with Crippen molar-refractivity contribution in [2.45, 2.75) is 46.1 Å². The van der Waals surface area contributed by atoms with Gasteiger partial charge in [-0.05, 0) is 63.0 Å². The summed E-state index contributed by atoms with van der Waals surface area (Å²) >= 11 is 0. The normalized spacial score (nSPS) is 30.2. The van der Waals surface area contributed by atoms with Gasteiger partial charge in [0.2, 0.25) is 5.91 Å². The average molecular weight is 315 g/mol. The third-order valence-electron chi connectivity index (χ3n) is 5.75. The van der Waals surface area contributed by atoms with Gasteiger partial charge in [-0.2, -0.15) is 0 Å². The molecule has 23 heavy (non-hydrogen) atoms. The van der Waals surface area contributed by atoms with E-state index in [-0.39, 0.29) is 29.7 Å². The first-order valence-corrected chi connectivity index (χ1v) is 8.48. The fourth-order valence-corrected chi connectivity index (χ4v) is 4.72. The first kappa shape index (κ1) is 16.0. The Morgan fingerprint density at radius 1 is 1.17 bits per heavy atom. The number of fused-ring (bicyclic) bond motifs is 2. The molecule has 2 bridgehead atoms. The number of aliphatic carboxylic acids is 1. The van der Waals surface area contributed by atoms with Crippen LogP contribution in [0.25, 0.3) is 0 Å². The Kier molecular flexibility index (Phi) is 4.17. The van der Waals surface area contributed by atoms with Gasteiger partial charge in [0.1, 0.15) is 0 Å². The zero-order valence-electron chi connectivity index (χ0n) is 14.0. The predicted octanol–water partition coefficient (Wildman–Crippen LogP) is 3.23. The number of carboxylic acids is 1. The van der Waals surface area contributed by atoms with Crippen LogP contribution in [-0.2, 0) is 9.59 Å². The molecule has 0 unspecified atom stereocenters. The van der Waals surface area contributed by atoms with Crippen molar-refractivity contribution in [2.24, 2.45) is 23.7 Å². The minimum absolute atomic E-state index is 0.0860. The third kappa shape index (κ3) is 2.87. The number of rotatable bonds is 4. The lowest BCUT2D eigenvalue weighted by molar-refractivity contribution is -0.149. The molecule has 0 heterocycles. The van der Waals surface area contributed by atoms with Gasteiger partial charge in [-0.3, -0.25) is 9.59 Å². The van der Waals surface area contributed by atoms with Crippen LogP contribution in [0.15, 0.2) is 18.2 Å². The number of nitrogens with one attached hydrogen (secondary N) is 1. The standard InChI is InChI=1S/C19H25NO3/c1-10-4-7-15(11(2)8-10)12(3)20-18(21)16-13-5-6-14(9-13)17(16)19(22)23/h4,7-8,12-14,16-17H,5-6,9H2,1-3H3,(H,20,21)(H,22,23)/t12-,13-,14-,16-,17-/m0/s1. The highest BCUT2D eigenvalue weighted by Crippen LogP contribution is 2.52. The molecule has 2 saturated carbocycles. The SMILES string of the molecule is Cc1ccc([C@H](C)NC(=O)[C@H]2[C@H]3CC[C@@H](C3)[C@@H]2C(=O)O)c(C)c1. The molecule has 3 rings (SSSR count). The highest BCUT2D eigenvalue weighted by Gasteiger charge is 2.54. The van der Waals surface area contributed by atoms with Gasteiger partial charge >= 0.3 is 5.97 Å². The summed E-state index contributed by atoms with van der Waals surface area (Å²) in [6.07, 6.45) is 2.84. The van der Waals surface area contributed by atoms with E-state index in [9.17, 15) is 14.7 Å². The van der Waals surface area contributed by atoms with Crippen molar-refractivity contribution >= 4 is 11.9 Å². The van der Waals surface area contributed by atoms with Gasteiger partial charge < -0.3 is 10.4 Å². The molecule has 1 aromatic rings. The zero-order valence-corrected chi connectivity index (χ0v) is 14.0. The number of aryl methyl sites for hydroxylation is 2. The maximum atomic E-state index is 12.7. The van der Waals surface area contributed by atoms with Crippen LogP contribution in [-0.4, -0.2) is 17.0 Å². The molecule has 2 fully saturated rings. The van der Waals surface area contributed by atoms with Gasteiger partial charge in [0.05, 0.1) is 17.9 Å². The van der Waals surface area contributed by atoms with Crippen molar-refractivity contribution in [1.29, 1.82) is 0 Å². The van der Waals surface area contributed by atoms with Crippen LogP contribution < -0.4 is 5.32 Å². The van der Waals surface area contributed by atoms with E-state index in [0.717, 1.165) is 30.4 Å². The molecule has 2 aliphatic carbocycles. The van der Waals surface area contributed by atoms with Gasteiger partial charge in [0, 0.05) is 0 Å². The van der Waals surface area contributed by atoms with Crippen LogP contribution in [0.4, 0.5) is 0 Å². The van der Waals surface area contributed by atoms with Crippen LogP contribution in [0.2, 0.25) is 0 Å². The Morgan fingerprint density at radius 2 is 1.83 bits per heavy atom. The highest BCUT2D eigenvalue weighted by molar-refractivity contribution is 5.86. The second-order valence-corrected chi connectivity index (χ2v) is 7.31. The molecule has 2 aliphatic rings. The Hall–Kier alpha value is -1.84. The maximum Gasteiger partial charge on any atom is 0.307 e. The van der Waals surface area contributed by atoms with Crippen LogP contribution in [0.3, 0.4) is 0 Å². The van der Waals surface area contributed by atoms with E-state index in [1.807, 2.05) is 32.9 Å². The number of carbonyl (C=O) groups is 2. The molecule has 0 radical (unpaired) electrons. The summed E-state index contributed by atoms with van der Waals surface area (Å²) in [5.74, 6) is -1.33. The molecule has 2 N–H and O–H groups in total. The first-order valence-electron chi connectivity index (χ1n) is 8.48. The van der Waals surface area contributed by atoms with Crippen molar-refractivity contribution in [3.05, 3.63) is 34.9 Å². The summed E-state index contributed by atoms with van der Waals surface area (Å²) in [5, 5.41) is 12.6. The minimum Gasteiger partial charge on any atom is -0.481 e. The molecule has 5 atom stereocenters. The largest absolute Gasteiger partial charge is 0.481 e. The summed E-state index contributed by atoms with van der Waals surface area (Å²) in [6, 6.07) is 6.10. The molecule has 0 saturated heterocycles. The predicted molar refractivity (Wildman–Crippen MR) is 87.9 cm³/mol. The van der Waals surface area contributed by atoms with Gasteiger partial charge in [-0.1, -0.05) is 23.8 Å². The van der Waals surface area contributed by atoms with Gasteiger partial charge in [-0.25, -0.2) is 0 Å². The molecule has 1 aromatic carbocycles. The topological polar surface area (TPSA) is 66.4 Å². The van der Waals surface area contributed by atoms with Crippen LogP contribution in [0.5, 0.6) is 0 Å². The summed E-state index contributed by atoms with van der Waals surface area (Å²) in [6.45, 7) is 6.06. The zero-order chi connectivity index (χ0) is 16.7.